The number of halogens is 1. The number of nitrogens with one attached hydrogen (secondary N) is 3. The van der Waals surface area contributed by atoms with Gasteiger partial charge < -0.3 is 25.3 Å². The van der Waals surface area contributed by atoms with Crippen LogP contribution in [0.2, 0.25) is 0 Å². The van der Waals surface area contributed by atoms with Gasteiger partial charge in [-0.3, -0.25) is 9.59 Å². The smallest absolute Gasteiger partial charge is 0.234 e. The standard InChI is InChI=1S/C24H27FN6O3S/c1-16(32)27-19-8-10-20(11-9-19)28-23(33)15-35-24-30-29-22(31(24)14-21-3-2-12-34-21)13-26-18-6-4-17(25)5-7-18/h4-11,21,26H,2-3,12-15H2,1H3,(H,27,32)(H,28,33)/t21-/m0/s1. The molecule has 4 rings (SSSR count). The van der Waals surface area contributed by atoms with Crippen LogP contribution in [0.1, 0.15) is 25.6 Å². The number of benzene rings is 2. The summed E-state index contributed by atoms with van der Waals surface area (Å²) in [4.78, 5) is 23.7. The number of hydrogen-bond acceptors (Lipinski definition) is 7. The molecule has 0 unspecified atom stereocenters. The van der Waals surface area contributed by atoms with E-state index in [4.69, 9.17) is 4.74 Å². The van der Waals surface area contributed by atoms with E-state index < -0.39 is 0 Å². The predicted molar refractivity (Wildman–Crippen MR) is 133 cm³/mol. The molecular formula is C24H27FN6O3S. The van der Waals surface area contributed by atoms with Crippen molar-refractivity contribution in [2.45, 2.75) is 44.1 Å². The molecule has 1 fully saturated rings. The maximum absolute atomic E-state index is 13.2. The Morgan fingerprint density at radius 3 is 2.40 bits per heavy atom. The number of amides is 2. The Morgan fingerprint density at radius 1 is 1.06 bits per heavy atom. The number of anilines is 3. The number of thioether (sulfide) groups is 1. The Balaban J connectivity index is 1.37. The highest BCUT2D eigenvalue weighted by molar-refractivity contribution is 7.99. The van der Waals surface area contributed by atoms with Gasteiger partial charge in [0.25, 0.3) is 0 Å². The fraction of sp³-hybridized carbons (Fsp3) is 0.333. The van der Waals surface area contributed by atoms with Gasteiger partial charge in [-0.1, -0.05) is 11.8 Å². The fourth-order valence-electron chi connectivity index (χ4n) is 3.65. The average molecular weight is 499 g/mol. The van der Waals surface area contributed by atoms with Gasteiger partial charge in [0.2, 0.25) is 11.8 Å². The van der Waals surface area contributed by atoms with Crippen LogP contribution in [0.4, 0.5) is 21.5 Å². The highest BCUT2D eigenvalue weighted by Gasteiger charge is 2.21. The van der Waals surface area contributed by atoms with E-state index in [-0.39, 0.29) is 29.5 Å². The van der Waals surface area contributed by atoms with Crippen molar-refractivity contribution in [3.05, 3.63) is 60.2 Å². The first-order valence-electron chi connectivity index (χ1n) is 11.3. The summed E-state index contributed by atoms with van der Waals surface area (Å²) in [7, 11) is 0. The number of carbonyl (C=O) groups is 2. The molecule has 0 saturated carbocycles. The normalized spacial score (nSPS) is 15.1. The Morgan fingerprint density at radius 2 is 1.74 bits per heavy atom. The SMILES string of the molecule is CC(=O)Nc1ccc(NC(=O)CSc2nnc(CNc3ccc(F)cc3)n2C[C@@H]2CCCO2)cc1. The first-order valence-corrected chi connectivity index (χ1v) is 12.3. The third-order valence-corrected chi connectivity index (χ3v) is 6.29. The molecule has 0 spiro atoms. The van der Waals surface area contributed by atoms with Gasteiger partial charge in [0.1, 0.15) is 5.82 Å². The van der Waals surface area contributed by atoms with Crippen molar-refractivity contribution in [3.63, 3.8) is 0 Å². The Labute approximate surface area is 206 Å². The second-order valence-corrected chi connectivity index (χ2v) is 9.04. The number of carbonyl (C=O) groups excluding carboxylic acids is 2. The highest BCUT2D eigenvalue weighted by atomic mass is 32.2. The minimum absolute atomic E-state index is 0.0749. The summed E-state index contributed by atoms with van der Waals surface area (Å²) in [6.45, 7) is 3.18. The van der Waals surface area contributed by atoms with E-state index in [9.17, 15) is 14.0 Å². The van der Waals surface area contributed by atoms with Gasteiger partial charge in [-0.15, -0.1) is 10.2 Å². The lowest BCUT2D eigenvalue weighted by molar-refractivity contribution is -0.114. The van der Waals surface area contributed by atoms with E-state index in [1.807, 2.05) is 4.57 Å². The molecule has 0 bridgehead atoms. The lowest BCUT2D eigenvalue weighted by Crippen LogP contribution is -2.20. The molecule has 1 aromatic heterocycles. The molecule has 3 N–H and O–H groups in total. The first kappa shape index (κ1) is 24.7. The minimum atomic E-state index is -0.294. The summed E-state index contributed by atoms with van der Waals surface area (Å²) in [5.74, 6) is 0.235. The van der Waals surface area contributed by atoms with Crippen LogP contribution < -0.4 is 16.0 Å². The maximum Gasteiger partial charge on any atom is 0.234 e. The number of rotatable bonds is 10. The summed E-state index contributed by atoms with van der Waals surface area (Å²) in [6.07, 6.45) is 2.05. The van der Waals surface area contributed by atoms with Gasteiger partial charge in [-0.25, -0.2) is 4.39 Å². The zero-order valence-corrected chi connectivity index (χ0v) is 20.1. The lowest BCUT2D eigenvalue weighted by atomic mass is 10.2. The molecule has 184 valence electrons. The van der Waals surface area contributed by atoms with Gasteiger partial charge in [0.05, 0.1) is 24.9 Å². The number of ether oxygens (including phenoxy) is 1. The van der Waals surface area contributed by atoms with E-state index in [1.54, 1.807) is 36.4 Å². The Hall–Kier alpha value is -3.44. The van der Waals surface area contributed by atoms with E-state index in [2.05, 4.69) is 26.1 Å². The summed E-state index contributed by atoms with van der Waals surface area (Å²) in [5, 5.41) is 18.0. The van der Waals surface area contributed by atoms with Crippen LogP contribution >= 0.6 is 11.8 Å². The molecule has 35 heavy (non-hydrogen) atoms. The van der Waals surface area contributed by atoms with Crippen molar-refractivity contribution < 1.29 is 18.7 Å². The predicted octanol–water partition coefficient (Wildman–Crippen LogP) is 3.90. The molecule has 0 aliphatic carbocycles. The van der Waals surface area contributed by atoms with Crippen molar-refractivity contribution in [1.29, 1.82) is 0 Å². The Kier molecular flexibility index (Phi) is 8.32. The van der Waals surface area contributed by atoms with Gasteiger partial charge in [0, 0.05) is 30.6 Å². The summed E-state index contributed by atoms with van der Waals surface area (Å²) < 4.78 is 21.0. The van der Waals surface area contributed by atoms with E-state index in [0.29, 0.717) is 35.4 Å². The van der Waals surface area contributed by atoms with E-state index in [1.165, 1.54) is 30.8 Å². The van der Waals surface area contributed by atoms with Crippen LogP contribution in [0.3, 0.4) is 0 Å². The molecular weight excluding hydrogens is 471 g/mol. The van der Waals surface area contributed by atoms with Crippen LogP contribution in [0.5, 0.6) is 0 Å². The molecule has 0 radical (unpaired) electrons. The van der Waals surface area contributed by atoms with Crippen molar-refractivity contribution in [3.8, 4) is 0 Å². The largest absolute Gasteiger partial charge is 0.378 e. The van der Waals surface area contributed by atoms with E-state index >= 15 is 0 Å². The van der Waals surface area contributed by atoms with Crippen LogP contribution in [0.15, 0.2) is 53.7 Å². The van der Waals surface area contributed by atoms with Crippen LogP contribution in [0, 0.1) is 5.82 Å². The first-order chi connectivity index (χ1) is 17.0. The molecule has 2 amide bonds. The molecule has 11 heteroatoms. The molecule has 3 aromatic rings. The quantitative estimate of drug-likeness (QED) is 0.364. The van der Waals surface area contributed by atoms with Crippen molar-refractivity contribution in [2.24, 2.45) is 0 Å². The zero-order valence-electron chi connectivity index (χ0n) is 19.3. The van der Waals surface area contributed by atoms with Gasteiger partial charge in [-0.2, -0.15) is 0 Å². The van der Waals surface area contributed by atoms with Crippen molar-refractivity contribution in [2.75, 3.05) is 28.3 Å². The number of aromatic nitrogens is 3. The summed E-state index contributed by atoms with van der Waals surface area (Å²) in [5.41, 5.74) is 2.07. The molecule has 9 nitrogen and oxygen atoms in total. The van der Waals surface area contributed by atoms with Crippen LogP contribution in [-0.2, 0) is 27.4 Å². The van der Waals surface area contributed by atoms with Crippen molar-refractivity contribution in [1.82, 2.24) is 14.8 Å². The maximum atomic E-state index is 13.2. The van der Waals surface area contributed by atoms with Gasteiger partial charge in [-0.05, 0) is 61.4 Å². The third-order valence-electron chi connectivity index (χ3n) is 5.32. The summed E-state index contributed by atoms with van der Waals surface area (Å²) in [6, 6.07) is 13.0. The molecule has 1 saturated heterocycles. The second kappa shape index (κ2) is 11.8. The number of nitrogens with zero attached hydrogens (tertiary/aromatic N) is 3. The van der Waals surface area contributed by atoms with Crippen LogP contribution in [-0.4, -0.2) is 45.0 Å². The third kappa shape index (κ3) is 7.27. The molecule has 1 atom stereocenters. The Bertz CT molecular complexity index is 1150. The number of hydrogen-bond donors (Lipinski definition) is 3. The molecule has 1 aliphatic heterocycles. The molecule has 2 aromatic carbocycles. The molecule has 1 aliphatic rings. The van der Waals surface area contributed by atoms with Gasteiger partial charge >= 0.3 is 0 Å². The fourth-order valence-corrected chi connectivity index (χ4v) is 4.41. The minimum Gasteiger partial charge on any atom is -0.378 e. The average Bonchev–Trinajstić information content (AvgIpc) is 3.49. The second-order valence-electron chi connectivity index (χ2n) is 8.10. The summed E-state index contributed by atoms with van der Waals surface area (Å²) >= 11 is 1.30. The van der Waals surface area contributed by atoms with Crippen LogP contribution in [0.25, 0.3) is 0 Å². The zero-order chi connectivity index (χ0) is 24.6. The lowest BCUT2D eigenvalue weighted by Gasteiger charge is -2.15. The van der Waals surface area contributed by atoms with E-state index in [0.717, 1.165) is 25.1 Å². The highest BCUT2D eigenvalue weighted by Crippen LogP contribution is 2.23. The van der Waals surface area contributed by atoms with Crippen molar-refractivity contribution >= 4 is 40.6 Å². The molecule has 2 heterocycles. The monoisotopic (exact) mass is 498 g/mol. The van der Waals surface area contributed by atoms with Gasteiger partial charge in [0.15, 0.2) is 11.0 Å². The topological polar surface area (TPSA) is 110 Å².